The molecule has 0 radical (unpaired) electrons. The molecule has 1 nitrogen and oxygen atoms in total. The molecule has 1 heteroatoms. The molecule has 0 spiro atoms. The van der Waals surface area contributed by atoms with Gasteiger partial charge in [-0.1, -0.05) is 12.7 Å². The van der Waals surface area contributed by atoms with Crippen molar-refractivity contribution < 1.29 is 5.11 Å². The van der Waals surface area contributed by atoms with E-state index in [0.29, 0.717) is 0 Å². The summed E-state index contributed by atoms with van der Waals surface area (Å²) in [5.74, 6) is 0.259. The van der Waals surface area contributed by atoms with Crippen molar-refractivity contribution >= 4 is 0 Å². The Morgan fingerprint density at radius 2 is 2.44 bits per heavy atom. The van der Waals surface area contributed by atoms with Crippen LogP contribution in [0.5, 0.6) is 0 Å². The zero-order valence-corrected chi connectivity index (χ0v) is 5.72. The third-order valence-corrected chi connectivity index (χ3v) is 2.01. The lowest BCUT2D eigenvalue weighted by molar-refractivity contribution is 0.178. The lowest BCUT2D eigenvalue weighted by Gasteiger charge is -2.05. The Balaban J connectivity index is 2.62. The second-order valence-corrected chi connectivity index (χ2v) is 2.75. The summed E-state index contributed by atoms with van der Waals surface area (Å²) in [5, 5.41) is 9.50. The fourth-order valence-electron chi connectivity index (χ4n) is 1.05. The maximum Gasteiger partial charge on any atom is 0.0921 e. The first kappa shape index (κ1) is 6.56. The van der Waals surface area contributed by atoms with E-state index in [1.165, 1.54) is 0 Å². The van der Waals surface area contributed by atoms with Crippen LogP contribution in [0, 0.1) is 5.92 Å². The summed E-state index contributed by atoms with van der Waals surface area (Å²) in [5.41, 5.74) is 0.259. The second kappa shape index (κ2) is 1.71. The smallest absolute Gasteiger partial charge is 0.0921 e. The lowest BCUT2D eigenvalue weighted by Crippen LogP contribution is -2.10. The Kier molecular flexibility index (Phi) is 1.24. The predicted octanol–water partition coefficient (Wildman–Crippen LogP) is 1.50. The maximum atomic E-state index is 9.50. The van der Waals surface area contributed by atoms with Crippen LogP contribution in [-0.2, 0) is 0 Å². The zero-order chi connectivity index (χ0) is 7.07. The van der Waals surface area contributed by atoms with Crippen LogP contribution in [0.3, 0.4) is 0 Å². The highest BCUT2D eigenvalue weighted by Crippen LogP contribution is 2.48. The molecular weight excluding hydrogens is 112 g/mol. The van der Waals surface area contributed by atoms with Gasteiger partial charge in [-0.2, -0.15) is 0 Å². The molecule has 50 valence electrons. The first-order chi connectivity index (χ1) is 4.11. The fourth-order valence-corrected chi connectivity index (χ4v) is 1.05. The molecule has 2 unspecified atom stereocenters. The minimum Gasteiger partial charge on any atom is -0.385 e. The first-order valence-corrected chi connectivity index (χ1v) is 3.12. The molecule has 1 rings (SSSR count). The van der Waals surface area contributed by atoms with Gasteiger partial charge in [0.15, 0.2) is 0 Å². The molecule has 1 aliphatic rings. The summed E-state index contributed by atoms with van der Waals surface area (Å²) in [4.78, 5) is 0. The van der Waals surface area contributed by atoms with Gasteiger partial charge in [0.05, 0.1) is 5.60 Å². The van der Waals surface area contributed by atoms with E-state index in [0.717, 1.165) is 12.0 Å². The third-order valence-electron chi connectivity index (χ3n) is 2.01. The highest BCUT2D eigenvalue weighted by atomic mass is 16.3. The van der Waals surface area contributed by atoms with E-state index < -0.39 is 5.60 Å². The number of hydrogen-bond donors (Lipinski definition) is 1. The van der Waals surface area contributed by atoms with Gasteiger partial charge < -0.3 is 5.11 Å². The van der Waals surface area contributed by atoms with Crippen molar-refractivity contribution in [1.82, 2.24) is 0 Å². The van der Waals surface area contributed by atoms with E-state index in [1.54, 1.807) is 6.08 Å². The minimum absolute atomic E-state index is 0.259. The topological polar surface area (TPSA) is 20.2 Å². The summed E-state index contributed by atoms with van der Waals surface area (Å²) >= 11 is 0. The molecule has 0 aromatic carbocycles. The van der Waals surface area contributed by atoms with E-state index in [1.807, 2.05) is 6.92 Å². The Bertz CT molecular complexity index is 160. The van der Waals surface area contributed by atoms with Crippen molar-refractivity contribution in [2.45, 2.75) is 18.9 Å². The molecule has 0 saturated heterocycles. The van der Waals surface area contributed by atoms with Crippen LogP contribution in [0.25, 0.3) is 0 Å². The van der Waals surface area contributed by atoms with Crippen LogP contribution in [0.1, 0.15) is 13.3 Å². The highest BCUT2D eigenvalue weighted by Gasteiger charge is 2.51. The minimum atomic E-state index is -0.595. The van der Waals surface area contributed by atoms with Crippen molar-refractivity contribution in [1.29, 1.82) is 0 Å². The average molecular weight is 124 g/mol. The summed E-state index contributed by atoms with van der Waals surface area (Å²) in [7, 11) is 0. The van der Waals surface area contributed by atoms with Crippen LogP contribution >= 0.6 is 0 Å². The molecule has 2 atom stereocenters. The van der Waals surface area contributed by atoms with Gasteiger partial charge in [-0.15, -0.1) is 6.58 Å². The molecule has 0 bridgehead atoms. The van der Waals surface area contributed by atoms with E-state index in [9.17, 15) is 5.11 Å². The maximum absolute atomic E-state index is 9.50. The van der Waals surface area contributed by atoms with Crippen molar-refractivity contribution in [2.75, 3.05) is 0 Å². The number of aliphatic hydroxyl groups is 1. The van der Waals surface area contributed by atoms with Crippen LogP contribution in [-0.4, -0.2) is 10.7 Å². The van der Waals surface area contributed by atoms with Gasteiger partial charge in [-0.05, 0) is 18.9 Å². The standard InChI is InChI=1S/C8H12O/c1-4-7-5-8(7,9)6(2)3/h4,7,9H,1-2,5H2,3H3. The van der Waals surface area contributed by atoms with Crippen molar-refractivity contribution in [3.8, 4) is 0 Å². The fraction of sp³-hybridized carbons (Fsp3) is 0.500. The number of hydrogen-bond acceptors (Lipinski definition) is 1. The lowest BCUT2D eigenvalue weighted by atomic mass is 10.1. The molecule has 9 heavy (non-hydrogen) atoms. The summed E-state index contributed by atoms with van der Waals surface area (Å²) in [6.45, 7) is 9.14. The number of rotatable bonds is 2. The van der Waals surface area contributed by atoms with Crippen molar-refractivity contribution in [3.63, 3.8) is 0 Å². The van der Waals surface area contributed by atoms with Gasteiger partial charge in [0.25, 0.3) is 0 Å². The molecule has 1 aliphatic carbocycles. The van der Waals surface area contributed by atoms with Crippen LogP contribution < -0.4 is 0 Å². The Morgan fingerprint density at radius 1 is 1.89 bits per heavy atom. The molecule has 0 heterocycles. The van der Waals surface area contributed by atoms with Gasteiger partial charge in [0.1, 0.15) is 0 Å². The second-order valence-electron chi connectivity index (χ2n) is 2.75. The highest BCUT2D eigenvalue weighted by molar-refractivity contribution is 5.27. The molecule has 0 amide bonds. The molecule has 0 aliphatic heterocycles. The van der Waals surface area contributed by atoms with Gasteiger partial charge >= 0.3 is 0 Å². The van der Waals surface area contributed by atoms with Gasteiger partial charge in [-0.25, -0.2) is 0 Å². The molecule has 1 N–H and O–H groups in total. The van der Waals surface area contributed by atoms with Gasteiger partial charge in [0.2, 0.25) is 0 Å². The van der Waals surface area contributed by atoms with Gasteiger partial charge in [0, 0.05) is 5.92 Å². The molecule has 1 fully saturated rings. The zero-order valence-electron chi connectivity index (χ0n) is 5.72. The molecular formula is C8H12O. The summed E-state index contributed by atoms with van der Waals surface area (Å²) < 4.78 is 0. The SMILES string of the molecule is C=CC1CC1(O)C(=C)C. The normalized spacial score (nSPS) is 40.0. The summed E-state index contributed by atoms with van der Waals surface area (Å²) in [6.07, 6.45) is 2.60. The quantitative estimate of drug-likeness (QED) is 0.553. The average Bonchev–Trinajstić information content (AvgIpc) is 2.44. The van der Waals surface area contributed by atoms with E-state index in [-0.39, 0.29) is 5.92 Å². The van der Waals surface area contributed by atoms with Crippen LogP contribution in [0.2, 0.25) is 0 Å². The Morgan fingerprint density at radius 3 is 2.56 bits per heavy atom. The Labute approximate surface area is 55.7 Å². The van der Waals surface area contributed by atoms with Crippen LogP contribution in [0.4, 0.5) is 0 Å². The van der Waals surface area contributed by atoms with Crippen LogP contribution in [0.15, 0.2) is 24.8 Å². The molecule has 0 aromatic rings. The monoisotopic (exact) mass is 124 g/mol. The molecule has 1 saturated carbocycles. The van der Waals surface area contributed by atoms with Crippen molar-refractivity contribution in [2.24, 2.45) is 5.92 Å². The van der Waals surface area contributed by atoms with Gasteiger partial charge in [-0.3, -0.25) is 0 Å². The van der Waals surface area contributed by atoms with E-state index in [2.05, 4.69) is 13.2 Å². The predicted molar refractivity (Wildman–Crippen MR) is 38.1 cm³/mol. The van der Waals surface area contributed by atoms with E-state index >= 15 is 0 Å². The molecule has 0 aromatic heterocycles. The van der Waals surface area contributed by atoms with Crippen molar-refractivity contribution in [3.05, 3.63) is 24.8 Å². The first-order valence-electron chi connectivity index (χ1n) is 3.12. The van der Waals surface area contributed by atoms with E-state index in [4.69, 9.17) is 0 Å². The largest absolute Gasteiger partial charge is 0.385 e. The Hall–Kier alpha value is -0.560. The summed E-state index contributed by atoms with van der Waals surface area (Å²) in [6, 6.07) is 0. The third kappa shape index (κ3) is 0.815.